The van der Waals surface area contributed by atoms with Crippen LogP contribution in [0.1, 0.15) is 17.5 Å². The topological polar surface area (TPSA) is 82.0 Å². The first-order valence-corrected chi connectivity index (χ1v) is 5.53. The van der Waals surface area contributed by atoms with E-state index >= 15 is 0 Å². The van der Waals surface area contributed by atoms with Crippen molar-refractivity contribution in [1.82, 2.24) is 5.32 Å². The standard InChI is InChI=1S/C12H8F3N3O2/c13-12(14,15)8-3-7(2-1-6(8)5-16)17-9-4-10(19)18-11(9)20/h1-3,9,17H,4H2,(H,18,19,20). The van der Waals surface area contributed by atoms with Crippen LogP contribution in [0.25, 0.3) is 0 Å². The molecule has 1 heterocycles. The van der Waals surface area contributed by atoms with E-state index in [1.54, 1.807) is 0 Å². The van der Waals surface area contributed by atoms with Gasteiger partial charge in [0.15, 0.2) is 0 Å². The van der Waals surface area contributed by atoms with E-state index in [-0.39, 0.29) is 12.1 Å². The van der Waals surface area contributed by atoms with Crippen LogP contribution in [0.2, 0.25) is 0 Å². The second-order valence-electron chi connectivity index (χ2n) is 4.18. The number of amides is 2. The lowest BCUT2D eigenvalue weighted by Crippen LogP contribution is -2.30. The molecule has 0 radical (unpaired) electrons. The normalized spacial score (nSPS) is 18.6. The zero-order valence-corrected chi connectivity index (χ0v) is 9.91. The summed E-state index contributed by atoms with van der Waals surface area (Å²) in [4.78, 5) is 22.3. The lowest BCUT2D eigenvalue weighted by Gasteiger charge is -2.14. The minimum absolute atomic E-state index is 0.0196. The van der Waals surface area contributed by atoms with Crippen molar-refractivity contribution in [2.24, 2.45) is 0 Å². The molecular formula is C12H8F3N3O2. The van der Waals surface area contributed by atoms with Crippen LogP contribution >= 0.6 is 0 Å². The molecule has 1 aromatic carbocycles. The second kappa shape index (κ2) is 4.85. The maximum absolute atomic E-state index is 12.8. The van der Waals surface area contributed by atoms with Gasteiger partial charge in [-0.15, -0.1) is 0 Å². The zero-order valence-electron chi connectivity index (χ0n) is 9.91. The summed E-state index contributed by atoms with van der Waals surface area (Å²) in [6.45, 7) is 0. The van der Waals surface area contributed by atoms with E-state index < -0.39 is 35.2 Å². The molecule has 8 heteroatoms. The molecule has 0 saturated carbocycles. The fraction of sp³-hybridized carbons (Fsp3) is 0.250. The molecule has 104 valence electrons. The summed E-state index contributed by atoms with van der Waals surface area (Å²) in [6, 6.07) is 3.56. The first-order chi connectivity index (χ1) is 9.31. The summed E-state index contributed by atoms with van der Waals surface area (Å²) < 4.78 is 38.3. The molecule has 1 aliphatic rings. The molecule has 0 bridgehead atoms. The average molecular weight is 283 g/mol. The predicted octanol–water partition coefficient (Wildman–Crippen LogP) is 1.40. The molecule has 1 aromatic rings. The van der Waals surface area contributed by atoms with E-state index in [4.69, 9.17) is 5.26 Å². The number of hydrogen-bond acceptors (Lipinski definition) is 4. The number of nitrogens with one attached hydrogen (secondary N) is 2. The number of imide groups is 1. The van der Waals surface area contributed by atoms with Crippen LogP contribution < -0.4 is 10.6 Å². The quantitative estimate of drug-likeness (QED) is 0.804. The maximum atomic E-state index is 12.8. The van der Waals surface area contributed by atoms with Gasteiger partial charge in [-0.05, 0) is 18.2 Å². The number of nitriles is 1. The number of nitrogens with zero attached hydrogens (tertiary/aromatic N) is 1. The Balaban J connectivity index is 2.29. The van der Waals surface area contributed by atoms with Crippen molar-refractivity contribution in [3.8, 4) is 6.07 Å². The van der Waals surface area contributed by atoms with Gasteiger partial charge in [0.1, 0.15) is 6.04 Å². The van der Waals surface area contributed by atoms with Gasteiger partial charge < -0.3 is 5.32 Å². The highest BCUT2D eigenvalue weighted by atomic mass is 19.4. The Bertz CT molecular complexity index is 619. The molecule has 2 N–H and O–H groups in total. The smallest absolute Gasteiger partial charge is 0.373 e. The zero-order chi connectivity index (χ0) is 14.9. The fourth-order valence-corrected chi connectivity index (χ4v) is 1.84. The summed E-state index contributed by atoms with van der Waals surface area (Å²) >= 11 is 0. The van der Waals surface area contributed by atoms with Gasteiger partial charge >= 0.3 is 6.18 Å². The van der Waals surface area contributed by atoms with Crippen molar-refractivity contribution in [3.05, 3.63) is 29.3 Å². The molecule has 0 spiro atoms. The Morgan fingerprint density at radius 1 is 1.35 bits per heavy atom. The second-order valence-corrected chi connectivity index (χ2v) is 4.18. The molecule has 5 nitrogen and oxygen atoms in total. The lowest BCUT2D eigenvalue weighted by molar-refractivity contribution is -0.137. The molecule has 0 aliphatic carbocycles. The van der Waals surface area contributed by atoms with Crippen LogP contribution in [-0.2, 0) is 15.8 Å². The van der Waals surface area contributed by atoms with Crippen LogP contribution in [0.15, 0.2) is 18.2 Å². The first-order valence-electron chi connectivity index (χ1n) is 5.53. The van der Waals surface area contributed by atoms with Crippen molar-refractivity contribution in [1.29, 1.82) is 5.26 Å². The monoisotopic (exact) mass is 283 g/mol. The van der Waals surface area contributed by atoms with Crippen LogP contribution in [0.3, 0.4) is 0 Å². The largest absolute Gasteiger partial charge is 0.417 e. The van der Waals surface area contributed by atoms with Gasteiger partial charge in [0, 0.05) is 5.69 Å². The van der Waals surface area contributed by atoms with E-state index in [0.717, 1.165) is 12.1 Å². The summed E-state index contributed by atoms with van der Waals surface area (Å²) in [6.07, 6.45) is -4.81. The van der Waals surface area contributed by atoms with Crippen molar-refractivity contribution in [3.63, 3.8) is 0 Å². The summed E-state index contributed by atoms with van der Waals surface area (Å²) in [5, 5.41) is 13.2. The number of alkyl halides is 3. The number of carbonyl (C=O) groups is 2. The number of anilines is 1. The van der Waals surface area contributed by atoms with E-state index in [1.807, 2.05) is 5.32 Å². The number of hydrogen-bond donors (Lipinski definition) is 2. The van der Waals surface area contributed by atoms with Crippen molar-refractivity contribution in [2.75, 3.05) is 5.32 Å². The minimum atomic E-state index is -4.67. The Morgan fingerprint density at radius 2 is 2.05 bits per heavy atom. The van der Waals surface area contributed by atoms with Crippen LogP contribution in [-0.4, -0.2) is 17.9 Å². The third-order valence-corrected chi connectivity index (χ3v) is 2.75. The number of carbonyl (C=O) groups excluding carboxylic acids is 2. The molecule has 2 amide bonds. The number of rotatable bonds is 2. The van der Waals surface area contributed by atoms with Gasteiger partial charge in [-0.25, -0.2) is 0 Å². The Morgan fingerprint density at radius 3 is 2.55 bits per heavy atom. The predicted molar refractivity (Wildman–Crippen MR) is 61.3 cm³/mol. The van der Waals surface area contributed by atoms with Gasteiger partial charge in [-0.3, -0.25) is 14.9 Å². The molecule has 20 heavy (non-hydrogen) atoms. The highest BCUT2D eigenvalue weighted by Gasteiger charge is 2.35. The highest BCUT2D eigenvalue weighted by molar-refractivity contribution is 6.06. The van der Waals surface area contributed by atoms with Crippen LogP contribution in [0.4, 0.5) is 18.9 Å². The molecule has 2 rings (SSSR count). The molecule has 1 unspecified atom stereocenters. The van der Waals surface area contributed by atoms with Crippen LogP contribution in [0.5, 0.6) is 0 Å². The van der Waals surface area contributed by atoms with Gasteiger partial charge in [-0.1, -0.05) is 0 Å². The van der Waals surface area contributed by atoms with Gasteiger partial charge in [0.05, 0.1) is 23.6 Å². The van der Waals surface area contributed by atoms with E-state index in [9.17, 15) is 22.8 Å². The number of halogens is 3. The van der Waals surface area contributed by atoms with Crippen molar-refractivity contribution in [2.45, 2.75) is 18.6 Å². The minimum Gasteiger partial charge on any atom is -0.373 e. The lowest BCUT2D eigenvalue weighted by atomic mass is 10.1. The van der Waals surface area contributed by atoms with Gasteiger partial charge in [0.25, 0.3) is 0 Å². The van der Waals surface area contributed by atoms with Crippen molar-refractivity contribution >= 4 is 17.5 Å². The SMILES string of the molecule is N#Cc1ccc(NC2CC(=O)NC2=O)cc1C(F)(F)F. The molecule has 1 saturated heterocycles. The van der Waals surface area contributed by atoms with Crippen LogP contribution in [0, 0.1) is 11.3 Å². The molecule has 1 fully saturated rings. The van der Waals surface area contributed by atoms with E-state index in [1.165, 1.54) is 12.1 Å². The summed E-state index contributed by atoms with van der Waals surface area (Å²) in [5.41, 5.74) is -1.57. The summed E-state index contributed by atoms with van der Waals surface area (Å²) in [5.74, 6) is -1.08. The molecule has 1 atom stereocenters. The molecule has 0 aromatic heterocycles. The third-order valence-electron chi connectivity index (χ3n) is 2.75. The van der Waals surface area contributed by atoms with E-state index in [0.29, 0.717) is 0 Å². The highest BCUT2D eigenvalue weighted by Crippen LogP contribution is 2.33. The fourth-order valence-electron chi connectivity index (χ4n) is 1.84. The molecule has 1 aliphatic heterocycles. The average Bonchev–Trinajstić information content (AvgIpc) is 2.66. The van der Waals surface area contributed by atoms with E-state index in [2.05, 4.69) is 5.32 Å². The Hall–Kier alpha value is -2.56. The van der Waals surface area contributed by atoms with Gasteiger partial charge in [0.2, 0.25) is 11.8 Å². The third kappa shape index (κ3) is 2.71. The first kappa shape index (κ1) is 13.9. The van der Waals surface area contributed by atoms with Crippen molar-refractivity contribution < 1.29 is 22.8 Å². The maximum Gasteiger partial charge on any atom is 0.417 e. The van der Waals surface area contributed by atoms with Gasteiger partial charge in [-0.2, -0.15) is 18.4 Å². The Labute approximate surface area is 111 Å². The summed E-state index contributed by atoms with van der Waals surface area (Å²) in [7, 11) is 0. The Kier molecular flexibility index (Phi) is 3.36. The molecular weight excluding hydrogens is 275 g/mol. The number of benzene rings is 1.